The minimum Gasteiger partial charge on any atom is -0.367 e. The van der Waals surface area contributed by atoms with E-state index >= 15 is 0 Å². The lowest BCUT2D eigenvalue weighted by atomic mass is 10.1. The smallest absolute Gasteiger partial charge is 0.367 e. The van der Waals surface area contributed by atoms with Crippen molar-refractivity contribution in [2.75, 3.05) is 10.7 Å². The summed E-state index contributed by atoms with van der Waals surface area (Å²) in [6.45, 7) is 4.04. The fourth-order valence-corrected chi connectivity index (χ4v) is 1.93. The number of aromatic nitrogens is 2. The highest BCUT2D eigenvalue weighted by atomic mass is 19.4. The Balaban J connectivity index is 2.69. The molecule has 0 amide bonds. The molecule has 0 aliphatic carbocycles. The van der Waals surface area contributed by atoms with Crippen LogP contribution in [0.25, 0.3) is 0 Å². The first-order chi connectivity index (χ1) is 9.86. The minimum atomic E-state index is -4.53. The summed E-state index contributed by atoms with van der Waals surface area (Å²) < 4.78 is 38.2. The van der Waals surface area contributed by atoms with Crippen LogP contribution in [0.3, 0.4) is 0 Å². The number of hydrogen-bond donors (Lipinski definition) is 3. The number of nitrogens with two attached hydrogens (primary N) is 1. The predicted octanol–water partition coefficient (Wildman–Crippen LogP) is 3.55. The van der Waals surface area contributed by atoms with Gasteiger partial charge in [0.2, 0.25) is 5.95 Å². The van der Waals surface area contributed by atoms with Crippen LogP contribution in [-0.2, 0) is 6.18 Å². The van der Waals surface area contributed by atoms with Crippen molar-refractivity contribution < 1.29 is 13.2 Å². The Morgan fingerprint density at radius 3 is 2.52 bits per heavy atom. The maximum atomic E-state index is 12.7. The van der Waals surface area contributed by atoms with Gasteiger partial charge in [-0.1, -0.05) is 32.6 Å². The molecule has 5 nitrogen and oxygen atoms in total. The van der Waals surface area contributed by atoms with Gasteiger partial charge in [-0.2, -0.15) is 18.2 Å². The molecule has 0 spiro atoms. The van der Waals surface area contributed by atoms with Crippen LogP contribution in [0, 0.1) is 0 Å². The molecule has 0 fully saturated rings. The van der Waals surface area contributed by atoms with Crippen LogP contribution in [-0.4, -0.2) is 16.0 Å². The van der Waals surface area contributed by atoms with Crippen LogP contribution in [0.2, 0.25) is 0 Å². The van der Waals surface area contributed by atoms with Gasteiger partial charge in [-0.05, 0) is 13.3 Å². The fourth-order valence-electron chi connectivity index (χ4n) is 1.93. The third-order valence-electron chi connectivity index (χ3n) is 3.03. The highest BCUT2D eigenvalue weighted by Crippen LogP contribution is 2.29. The van der Waals surface area contributed by atoms with Gasteiger partial charge in [-0.3, -0.25) is 5.43 Å². The number of alkyl halides is 3. The van der Waals surface area contributed by atoms with E-state index in [0.29, 0.717) is 0 Å². The lowest BCUT2D eigenvalue weighted by Gasteiger charge is -2.16. The van der Waals surface area contributed by atoms with Crippen molar-refractivity contribution in [3.8, 4) is 0 Å². The van der Waals surface area contributed by atoms with E-state index < -0.39 is 11.9 Å². The van der Waals surface area contributed by atoms with Crippen molar-refractivity contribution in [3.63, 3.8) is 0 Å². The first-order valence-electron chi connectivity index (χ1n) is 7.06. The molecule has 0 aromatic carbocycles. The zero-order valence-electron chi connectivity index (χ0n) is 12.3. The van der Waals surface area contributed by atoms with E-state index in [0.717, 1.165) is 31.7 Å². The zero-order chi connectivity index (χ0) is 15.9. The highest BCUT2D eigenvalue weighted by molar-refractivity contribution is 5.43. The van der Waals surface area contributed by atoms with Crippen LogP contribution >= 0.6 is 0 Å². The lowest BCUT2D eigenvalue weighted by Crippen LogP contribution is -2.20. The Morgan fingerprint density at radius 1 is 1.24 bits per heavy atom. The molecular formula is C13H22F3N5. The van der Waals surface area contributed by atoms with Crippen molar-refractivity contribution in [1.82, 2.24) is 9.97 Å². The lowest BCUT2D eigenvalue weighted by molar-refractivity contribution is -0.141. The monoisotopic (exact) mass is 305 g/mol. The molecule has 0 aliphatic heterocycles. The molecule has 1 atom stereocenters. The van der Waals surface area contributed by atoms with Crippen molar-refractivity contribution >= 4 is 11.8 Å². The summed E-state index contributed by atoms with van der Waals surface area (Å²) in [6.07, 6.45) is 0.802. The Hall–Kier alpha value is -1.57. The van der Waals surface area contributed by atoms with Gasteiger partial charge >= 0.3 is 6.18 Å². The topological polar surface area (TPSA) is 75.9 Å². The highest BCUT2D eigenvalue weighted by Gasteiger charge is 2.33. The van der Waals surface area contributed by atoms with Gasteiger partial charge in [0.1, 0.15) is 5.82 Å². The molecule has 8 heteroatoms. The van der Waals surface area contributed by atoms with Gasteiger partial charge < -0.3 is 5.32 Å². The number of unbranched alkanes of at least 4 members (excludes halogenated alkanes) is 3. The molecule has 1 unspecified atom stereocenters. The quantitative estimate of drug-likeness (QED) is 0.389. The number of halogens is 3. The number of nitrogens with one attached hydrogen (secondary N) is 2. The standard InChI is InChI=1S/C13H22F3N5/c1-3-4-5-6-7-9(2)18-11-8-10(13(14,15)16)19-12(20-11)21-17/h8-9H,3-7,17H2,1-2H3,(H2,18,19,20,21). The molecule has 1 aromatic heterocycles. The van der Waals surface area contributed by atoms with Crippen LogP contribution in [0.4, 0.5) is 24.9 Å². The van der Waals surface area contributed by atoms with Crippen LogP contribution in [0.1, 0.15) is 51.6 Å². The van der Waals surface area contributed by atoms with E-state index in [1.807, 2.05) is 6.92 Å². The number of rotatable bonds is 8. The number of nitrogens with zero attached hydrogens (tertiary/aromatic N) is 2. The van der Waals surface area contributed by atoms with Gasteiger partial charge in [-0.15, -0.1) is 0 Å². The van der Waals surface area contributed by atoms with Gasteiger partial charge in [0.25, 0.3) is 0 Å². The second kappa shape index (κ2) is 8.02. The van der Waals surface area contributed by atoms with E-state index in [4.69, 9.17) is 5.84 Å². The molecule has 120 valence electrons. The molecule has 1 aromatic rings. The Kier molecular flexibility index (Phi) is 6.67. The molecule has 1 heterocycles. The molecule has 0 bridgehead atoms. The molecule has 21 heavy (non-hydrogen) atoms. The second-order valence-electron chi connectivity index (χ2n) is 5.00. The Morgan fingerprint density at radius 2 is 1.95 bits per heavy atom. The van der Waals surface area contributed by atoms with Crippen molar-refractivity contribution in [2.45, 2.75) is 58.2 Å². The molecule has 0 saturated carbocycles. The maximum absolute atomic E-state index is 12.7. The number of hydrogen-bond acceptors (Lipinski definition) is 5. The predicted molar refractivity (Wildman–Crippen MR) is 76.7 cm³/mol. The van der Waals surface area contributed by atoms with E-state index in [9.17, 15) is 13.2 Å². The molecule has 0 aliphatic rings. The zero-order valence-corrected chi connectivity index (χ0v) is 12.3. The van der Waals surface area contributed by atoms with Crippen molar-refractivity contribution in [2.24, 2.45) is 5.84 Å². The van der Waals surface area contributed by atoms with Gasteiger partial charge in [-0.25, -0.2) is 10.8 Å². The summed E-state index contributed by atoms with van der Waals surface area (Å²) in [5, 5.41) is 2.96. The van der Waals surface area contributed by atoms with Crippen molar-refractivity contribution in [3.05, 3.63) is 11.8 Å². The summed E-state index contributed by atoms with van der Waals surface area (Å²) in [4.78, 5) is 7.20. The normalized spacial score (nSPS) is 13.0. The average molecular weight is 305 g/mol. The summed E-state index contributed by atoms with van der Waals surface area (Å²) >= 11 is 0. The number of anilines is 2. The fraction of sp³-hybridized carbons (Fsp3) is 0.692. The molecule has 0 radical (unpaired) electrons. The summed E-state index contributed by atoms with van der Waals surface area (Å²) in [5.41, 5.74) is 1.03. The summed E-state index contributed by atoms with van der Waals surface area (Å²) in [7, 11) is 0. The molecule has 4 N–H and O–H groups in total. The second-order valence-corrected chi connectivity index (χ2v) is 5.00. The van der Waals surface area contributed by atoms with Crippen LogP contribution in [0.15, 0.2) is 6.07 Å². The average Bonchev–Trinajstić information content (AvgIpc) is 2.42. The number of hydrazine groups is 1. The van der Waals surface area contributed by atoms with Crippen LogP contribution in [0.5, 0.6) is 0 Å². The third kappa shape index (κ3) is 6.16. The van der Waals surface area contributed by atoms with E-state index in [1.54, 1.807) is 0 Å². The van der Waals surface area contributed by atoms with Crippen LogP contribution < -0.4 is 16.6 Å². The van der Waals surface area contributed by atoms with E-state index in [1.165, 1.54) is 6.42 Å². The first kappa shape index (κ1) is 17.5. The summed E-state index contributed by atoms with van der Waals surface area (Å²) in [6, 6.07) is 0.923. The third-order valence-corrected chi connectivity index (χ3v) is 3.03. The van der Waals surface area contributed by atoms with E-state index in [-0.39, 0.29) is 17.8 Å². The molecule has 0 saturated heterocycles. The summed E-state index contributed by atoms with van der Waals surface area (Å²) in [5.74, 6) is 4.97. The maximum Gasteiger partial charge on any atom is 0.433 e. The van der Waals surface area contributed by atoms with Gasteiger partial charge in [0.05, 0.1) is 0 Å². The Bertz CT molecular complexity index is 436. The van der Waals surface area contributed by atoms with Crippen molar-refractivity contribution in [1.29, 1.82) is 0 Å². The number of nitrogen functional groups attached to an aromatic ring is 1. The minimum absolute atomic E-state index is 0.0310. The first-order valence-corrected chi connectivity index (χ1v) is 7.06. The van der Waals surface area contributed by atoms with Gasteiger partial charge in [0, 0.05) is 12.1 Å². The Labute approximate surface area is 122 Å². The molecular weight excluding hydrogens is 283 g/mol. The molecule has 1 rings (SSSR count). The van der Waals surface area contributed by atoms with Gasteiger partial charge in [0.15, 0.2) is 5.69 Å². The SMILES string of the molecule is CCCCCCC(C)Nc1cc(C(F)(F)F)nc(NN)n1. The largest absolute Gasteiger partial charge is 0.433 e. The van der Waals surface area contributed by atoms with E-state index in [2.05, 4.69) is 27.6 Å².